The summed E-state index contributed by atoms with van der Waals surface area (Å²) in [5.41, 5.74) is 0. The third kappa shape index (κ3) is 1.16. The van der Waals surface area contributed by atoms with Crippen LogP contribution in [0.15, 0.2) is 0 Å². The van der Waals surface area contributed by atoms with E-state index in [4.69, 9.17) is 0 Å². The average Bonchev–Trinajstić information content (AvgIpc) is 2.44. The fraction of sp³-hybridized carbons (Fsp3) is 1.00. The molecule has 1 atom stereocenters. The molecule has 0 bridgehead atoms. The molecular formula is C6H13N. The van der Waals surface area contributed by atoms with Crippen molar-refractivity contribution >= 4 is 0 Å². The third-order valence-corrected chi connectivity index (χ3v) is 1.70. The molecular weight excluding hydrogens is 86.1 g/mol. The topological polar surface area (TPSA) is 3.01 Å². The summed E-state index contributed by atoms with van der Waals surface area (Å²) >= 11 is 0. The molecule has 0 aromatic rings. The Kier molecular flexibility index (Phi) is 1.33. The summed E-state index contributed by atoms with van der Waals surface area (Å²) in [6, 6.07) is 0.847. The van der Waals surface area contributed by atoms with Crippen LogP contribution in [0.2, 0.25) is 0 Å². The van der Waals surface area contributed by atoms with Crippen molar-refractivity contribution in [2.45, 2.75) is 26.3 Å². The van der Waals surface area contributed by atoms with Gasteiger partial charge in [-0.25, -0.2) is 0 Å². The quantitative estimate of drug-likeness (QED) is 0.468. The van der Waals surface area contributed by atoms with E-state index >= 15 is 0 Å². The monoisotopic (exact) mass is 99.1 g/mol. The fourth-order valence-corrected chi connectivity index (χ4v) is 0.757. The van der Waals surface area contributed by atoms with Crippen molar-refractivity contribution in [1.82, 2.24) is 4.90 Å². The van der Waals surface area contributed by atoms with Gasteiger partial charge < -0.3 is 0 Å². The molecule has 0 N–H and O–H groups in total. The van der Waals surface area contributed by atoms with Crippen molar-refractivity contribution in [3.8, 4) is 0 Å². The zero-order valence-corrected chi connectivity index (χ0v) is 5.15. The van der Waals surface area contributed by atoms with Crippen molar-refractivity contribution in [3.05, 3.63) is 0 Å². The predicted octanol–water partition coefficient (Wildman–Crippen LogP) is 1.10. The van der Waals surface area contributed by atoms with E-state index in [2.05, 4.69) is 18.7 Å². The maximum absolute atomic E-state index is 2.47. The number of hydrogen-bond acceptors (Lipinski definition) is 1. The molecule has 42 valence electrons. The van der Waals surface area contributed by atoms with Crippen LogP contribution in [0.25, 0.3) is 0 Å². The Morgan fingerprint density at radius 2 is 2.14 bits per heavy atom. The van der Waals surface area contributed by atoms with Gasteiger partial charge in [0.25, 0.3) is 0 Å². The zero-order chi connectivity index (χ0) is 5.28. The van der Waals surface area contributed by atoms with E-state index in [1.165, 1.54) is 19.5 Å². The largest absolute Gasteiger partial charge is 0.298 e. The minimum absolute atomic E-state index is 0.847. The summed E-state index contributed by atoms with van der Waals surface area (Å²) in [4.78, 5) is 2.47. The number of hydrogen-bond donors (Lipinski definition) is 0. The minimum Gasteiger partial charge on any atom is -0.298 e. The van der Waals surface area contributed by atoms with Crippen LogP contribution in [0.1, 0.15) is 20.3 Å². The highest BCUT2D eigenvalue weighted by atomic mass is 15.3. The molecule has 0 amide bonds. The molecule has 0 aromatic heterocycles. The van der Waals surface area contributed by atoms with Crippen molar-refractivity contribution < 1.29 is 0 Å². The molecule has 1 heteroatoms. The van der Waals surface area contributed by atoms with E-state index in [1.807, 2.05) is 0 Å². The average molecular weight is 99.2 g/mol. The van der Waals surface area contributed by atoms with Crippen LogP contribution in [0.4, 0.5) is 0 Å². The molecule has 1 saturated heterocycles. The van der Waals surface area contributed by atoms with E-state index in [9.17, 15) is 0 Å². The van der Waals surface area contributed by atoms with Crippen LogP contribution in [-0.4, -0.2) is 24.0 Å². The van der Waals surface area contributed by atoms with Gasteiger partial charge in [0.1, 0.15) is 0 Å². The first-order valence-corrected chi connectivity index (χ1v) is 3.08. The molecule has 1 fully saturated rings. The summed E-state index contributed by atoms with van der Waals surface area (Å²) in [6.07, 6.45) is 1.31. The van der Waals surface area contributed by atoms with Gasteiger partial charge in [-0.05, 0) is 13.3 Å². The lowest BCUT2D eigenvalue weighted by molar-refractivity contribution is 0.417. The van der Waals surface area contributed by atoms with Crippen molar-refractivity contribution in [2.24, 2.45) is 0 Å². The highest BCUT2D eigenvalue weighted by Crippen LogP contribution is 2.11. The second-order valence-corrected chi connectivity index (χ2v) is 2.29. The lowest BCUT2D eigenvalue weighted by Gasteiger charge is -2.06. The Hall–Kier alpha value is -0.0400. The first-order valence-electron chi connectivity index (χ1n) is 3.08. The number of nitrogens with zero attached hydrogens (tertiary/aromatic N) is 1. The molecule has 0 radical (unpaired) electrons. The van der Waals surface area contributed by atoms with Crippen molar-refractivity contribution in [3.63, 3.8) is 0 Å². The predicted molar refractivity (Wildman–Crippen MR) is 31.3 cm³/mol. The maximum atomic E-state index is 2.47. The highest BCUT2D eigenvalue weighted by molar-refractivity contribution is 4.77. The van der Waals surface area contributed by atoms with Crippen LogP contribution >= 0.6 is 0 Å². The van der Waals surface area contributed by atoms with E-state index in [0.717, 1.165) is 6.04 Å². The molecule has 0 spiro atoms. The van der Waals surface area contributed by atoms with Gasteiger partial charge in [-0.15, -0.1) is 0 Å². The summed E-state index contributed by atoms with van der Waals surface area (Å²) in [5.74, 6) is 0. The SMILES string of the molecule is CC[C@@H](C)N1CC1. The molecule has 7 heavy (non-hydrogen) atoms. The first-order chi connectivity index (χ1) is 3.34. The molecule has 1 rings (SSSR count). The molecule has 1 heterocycles. The van der Waals surface area contributed by atoms with Crippen LogP contribution in [0, 0.1) is 0 Å². The van der Waals surface area contributed by atoms with Gasteiger partial charge >= 0.3 is 0 Å². The number of rotatable bonds is 2. The van der Waals surface area contributed by atoms with E-state index < -0.39 is 0 Å². The lowest BCUT2D eigenvalue weighted by Crippen LogP contribution is -2.11. The van der Waals surface area contributed by atoms with Gasteiger partial charge in [0, 0.05) is 19.1 Å². The van der Waals surface area contributed by atoms with E-state index in [0.29, 0.717) is 0 Å². The summed E-state index contributed by atoms with van der Waals surface area (Å²) in [6.45, 7) is 7.21. The Bertz CT molecular complexity index is 57.2. The van der Waals surface area contributed by atoms with Gasteiger partial charge in [0.05, 0.1) is 0 Å². The third-order valence-electron chi connectivity index (χ3n) is 1.70. The van der Waals surface area contributed by atoms with Crippen LogP contribution in [-0.2, 0) is 0 Å². The molecule has 0 unspecified atom stereocenters. The van der Waals surface area contributed by atoms with Gasteiger partial charge in [0.15, 0.2) is 0 Å². The second kappa shape index (κ2) is 1.83. The molecule has 1 nitrogen and oxygen atoms in total. The normalized spacial score (nSPS) is 24.9. The zero-order valence-electron chi connectivity index (χ0n) is 5.15. The fourth-order valence-electron chi connectivity index (χ4n) is 0.757. The highest BCUT2D eigenvalue weighted by Gasteiger charge is 2.21. The summed E-state index contributed by atoms with van der Waals surface area (Å²) in [7, 11) is 0. The van der Waals surface area contributed by atoms with E-state index in [1.54, 1.807) is 0 Å². The molecule has 1 aliphatic rings. The van der Waals surface area contributed by atoms with Gasteiger partial charge in [0.2, 0.25) is 0 Å². The van der Waals surface area contributed by atoms with Crippen molar-refractivity contribution in [2.75, 3.05) is 13.1 Å². The molecule has 0 aliphatic carbocycles. The van der Waals surface area contributed by atoms with Crippen LogP contribution in [0.3, 0.4) is 0 Å². The molecule has 1 aliphatic heterocycles. The Morgan fingerprint density at radius 1 is 1.57 bits per heavy atom. The lowest BCUT2D eigenvalue weighted by atomic mass is 10.3. The summed E-state index contributed by atoms with van der Waals surface area (Å²) < 4.78 is 0. The van der Waals surface area contributed by atoms with Gasteiger partial charge in [-0.2, -0.15) is 0 Å². The minimum atomic E-state index is 0.847. The molecule has 0 aromatic carbocycles. The van der Waals surface area contributed by atoms with Crippen LogP contribution < -0.4 is 0 Å². The van der Waals surface area contributed by atoms with Crippen LogP contribution in [0.5, 0.6) is 0 Å². The standard InChI is InChI=1S/C6H13N/c1-3-6(2)7-4-5-7/h6H,3-5H2,1-2H3/t6-/m1/s1. The Morgan fingerprint density at radius 3 is 2.29 bits per heavy atom. The Balaban J connectivity index is 2.10. The smallest absolute Gasteiger partial charge is 0.0113 e. The first kappa shape index (κ1) is 5.10. The molecule has 0 saturated carbocycles. The summed E-state index contributed by atoms with van der Waals surface area (Å²) in [5, 5.41) is 0. The second-order valence-electron chi connectivity index (χ2n) is 2.29. The van der Waals surface area contributed by atoms with Gasteiger partial charge in [-0.1, -0.05) is 6.92 Å². The van der Waals surface area contributed by atoms with E-state index in [-0.39, 0.29) is 0 Å². The van der Waals surface area contributed by atoms with Crippen molar-refractivity contribution in [1.29, 1.82) is 0 Å². The van der Waals surface area contributed by atoms with Gasteiger partial charge in [-0.3, -0.25) is 4.90 Å². The Labute approximate surface area is 45.3 Å². The maximum Gasteiger partial charge on any atom is 0.0113 e.